The van der Waals surface area contributed by atoms with E-state index in [1.165, 1.54) is 45.7 Å². The smallest absolute Gasteiger partial charge is 0.258 e. The van der Waals surface area contributed by atoms with Gasteiger partial charge >= 0.3 is 5.69 Å². The number of nitro groups is 1. The lowest BCUT2D eigenvalue weighted by Crippen LogP contribution is -2.17. The number of nitrogens with zero attached hydrogens (tertiary/aromatic N) is 7. The number of rotatable bonds is 5. The van der Waals surface area contributed by atoms with Crippen molar-refractivity contribution in [2.45, 2.75) is 26.7 Å². The second-order valence-electron chi connectivity index (χ2n) is 4.59. The molecule has 11 heteroatoms. The molecule has 0 bridgehead atoms. The Bertz CT molecular complexity index is 944. The van der Waals surface area contributed by atoms with E-state index in [2.05, 4.69) is 25.3 Å². The molecule has 0 fully saturated rings. The normalized spacial score (nSPS) is 11.8. The van der Waals surface area contributed by atoms with Crippen LogP contribution in [0.3, 0.4) is 0 Å². The molecule has 0 radical (unpaired) electrons. The second-order valence-corrected chi connectivity index (χ2v) is 6.67. The Hall–Kier alpha value is -2.53. The van der Waals surface area contributed by atoms with Crippen molar-refractivity contribution in [1.29, 1.82) is 0 Å². The van der Waals surface area contributed by atoms with Gasteiger partial charge in [-0.3, -0.25) is 10.1 Å². The van der Waals surface area contributed by atoms with E-state index in [1.807, 2.05) is 13.8 Å². The molecule has 0 spiro atoms. The monoisotopic (exact) mass is 363 g/mol. The Labute approximate surface area is 144 Å². The number of hydrogen-bond donors (Lipinski definition) is 0. The average Bonchev–Trinajstić information content (AvgIpc) is 3.21. The zero-order valence-electron chi connectivity index (χ0n) is 12.9. The molecule has 0 unspecified atom stereocenters. The molecule has 9 nitrogen and oxygen atoms in total. The summed E-state index contributed by atoms with van der Waals surface area (Å²) < 4.78 is 1.40. The maximum Gasteiger partial charge on any atom is 0.313 e. The topological polar surface area (TPSA) is 112 Å². The molecule has 124 valence electrons. The van der Waals surface area contributed by atoms with Crippen LogP contribution in [0.4, 0.5) is 10.8 Å². The largest absolute Gasteiger partial charge is 0.313 e. The molecule has 0 saturated heterocycles. The van der Waals surface area contributed by atoms with Gasteiger partial charge in [-0.05, 0) is 18.9 Å². The molecule has 3 rings (SSSR count). The van der Waals surface area contributed by atoms with Crippen LogP contribution in [0.15, 0.2) is 23.3 Å². The van der Waals surface area contributed by atoms with E-state index in [9.17, 15) is 10.1 Å². The number of aryl methyl sites for hydroxylation is 2. The molecule has 0 atom stereocenters. The summed E-state index contributed by atoms with van der Waals surface area (Å²) in [5.41, 5.74) is -0.126. The van der Waals surface area contributed by atoms with Crippen LogP contribution in [-0.2, 0) is 12.8 Å². The summed E-state index contributed by atoms with van der Waals surface area (Å²) in [6.07, 6.45) is 2.96. The van der Waals surface area contributed by atoms with Gasteiger partial charge in [0, 0.05) is 12.3 Å². The molecule has 24 heavy (non-hydrogen) atoms. The average molecular weight is 363 g/mol. The lowest BCUT2D eigenvalue weighted by atomic mass is 10.4. The van der Waals surface area contributed by atoms with Gasteiger partial charge in [-0.25, -0.2) is 4.98 Å². The summed E-state index contributed by atoms with van der Waals surface area (Å²) >= 11 is 2.73. The standard InChI is InChI=1S/C13H13N7O2S2/c1-3-9-16-17-12(23-9)15-13-19(18-10(4-2)24-13)11-8(20(21)22)6-5-7-14-11/h5-7H,3-4H2,1-2H3/b15-13-. The lowest BCUT2D eigenvalue weighted by Gasteiger charge is -2.00. The highest BCUT2D eigenvalue weighted by molar-refractivity contribution is 7.15. The van der Waals surface area contributed by atoms with Gasteiger partial charge in [0.05, 0.1) is 4.92 Å². The van der Waals surface area contributed by atoms with Crippen LogP contribution in [0, 0.1) is 10.1 Å². The highest BCUT2D eigenvalue weighted by Gasteiger charge is 2.19. The minimum absolute atomic E-state index is 0.126. The Morgan fingerprint density at radius 1 is 1.25 bits per heavy atom. The fraction of sp³-hybridized carbons (Fsp3) is 0.308. The molecule has 3 heterocycles. The molecule has 3 aromatic heterocycles. The van der Waals surface area contributed by atoms with Crippen molar-refractivity contribution >= 4 is 33.5 Å². The van der Waals surface area contributed by atoms with Crippen molar-refractivity contribution in [2.75, 3.05) is 0 Å². The molecule has 0 aliphatic rings. The van der Waals surface area contributed by atoms with Gasteiger partial charge in [0.1, 0.15) is 10.0 Å². The van der Waals surface area contributed by atoms with Crippen molar-refractivity contribution in [1.82, 2.24) is 25.0 Å². The van der Waals surface area contributed by atoms with Gasteiger partial charge in [-0.2, -0.15) is 14.8 Å². The summed E-state index contributed by atoms with van der Waals surface area (Å²) in [4.78, 5) is 19.8. The van der Waals surface area contributed by atoms with Gasteiger partial charge in [-0.1, -0.05) is 36.5 Å². The highest BCUT2D eigenvalue weighted by Crippen LogP contribution is 2.21. The van der Waals surface area contributed by atoms with Gasteiger partial charge in [-0.15, -0.1) is 10.2 Å². The predicted molar refractivity (Wildman–Crippen MR) is 89.8 cm³/mol. The Morgan fingerprint density at radius 3 is 2.71 bits per heavy atom. The first-order valence-electron chi connectivity index (χ1n) is 7.18. The minimum atomic E-state index is -0.482. The van der Waals surface area contributed by atoms with Crippen LogP contribution in [0.25, 0.3) is 5.82 Å². The fourth-order valence-electron chi connectivity index (χ4n) is 1.88. The van der Waals surface area contributed by atoms with Crippen LogP contribution < -0.4 is 4.80 Å². The fourth-order valence-corrected chi connectivity index (χ4v) is 3.41. The van der Waals surface area contributed by atoms with Crippen molar-refractivity contribution in [2.24, 2.45) is 4.99 Å². The van der Waals surface area contributed by atoms with E-state index in [0.29, 0.717) is 16.4 Å². The van der Waals surface area contributed by atoms with E-state index >= 15 is 0 Å². The lowest BCUT2D eigenvalue weighted by molar-refractivity contribution is -0.385. The van der Waals surface area contributed by atoms with Crippen LogP contribution in [0.5, 0.6) is 0 Å². The number of pyridine rings is 1. The molecular formula is C13H13N7O2S2. The minimum Gasteiger partial charge on any atom is -0.258 e. The molecule has 0 aliphatic heterocycles. The van der Waals surface area contributed by atoms with Gasteiger partial charge < -0.3 is 0 Å². The van der Waals surface area contributed by atoms with Crippen LogP contribution >= 0.6 is 22.7 Å². The number of aromatic nitrogens is 5. The van der Waals surface area contributed by atoms with Crippen molar-refractivity contribution in [3.63, 3.8) is 0 Å². The highest BCUT2D eigenvalue weighted by atomic mass is 32.1. The summed E-state index contributed by atoms with van der Waals surface area (Å²) in [7, 11) is 0. The van der Waals surface area contributed by atoms with Gasteiger partial charge in [0.2, 0.25) is 15.8 Å². The molecule has 3 aromatic rings. The predicted octanol–water partition coefficient (Wildman–Crippen LogP) is 2.45. The maximum atomic E-state index is 11.3. The third-order valence-corrected chi connectivity index (χ3v) is 5.03. The first-order valence-corrected chi connectivity index (χ1v) is 8.81. The van der Waals surface area contributed by atoms with E-state index in [-0.39, 0.29) is 11.5 Å². The van der Waals surface area contributed by atoms with Gasteiger partial charge in [0.15, 0.2) is 0 Å². The van der Waals surface area contributed by atoms with Crippen LogP contribution in [0.1, 0.15) is 23.9 Å². The summed E-state index contributed by atoms with van der Waals surface area (Å²) in [6.45, 7) is 3.95. The van der Waals surface area contributed by atoms with E-state index in [0.717, 1.165) is 16.4 Å². The summed E-state index contributed by atoms with van der Waals surface area (Å²) in [5, 5.41) is 25.9. The zero-order valence-corrected chi connectivity index (χ0v) is 14.5. The molecule has 0 N–H and O–H groups in total. The molecule has 0 saturated carbocycles. The van der Waals surface area contributed by atoms with Crippen LogP contribution in [-0.4, -0.2) is 29.9 Å². The maximum absolute atomic E-state index is 11.3. The molecule has 0 amide bonds. The van der Waals surface area contributed by atoms with E-state index in [1.54, 1.807) is 0 Å². The van der Waals surface area contributed by atoms with Crippen molar-refractivity contribution in [3.8, 4) is 5.82 Å². The molecule has 0 aromatic carbocycles. The zero-order chi connectivity index (χ0) is 17.1. The Morgan fingerprint density at radius 2 is 2.04 bits per heavy atom. The Kier molecular flexibility index (Phi) is 4.71. The third-order valence-electron chi connectivity index (χ3n) is 3.02. The van der Waals surface area contributed by atoms with Crippen molar-refractivity contribution in [3.05, 3.63) is 43.3 Å². The third kappa shape index (κ3) is 3.21. The molecule has 0 aliphatic carbocycles. The van der Waals surface area contributed by atoms with E-state index in [4.69, 9.17) is 0 Å². The first-order chi connectivity index (χ1) is 11.6. The SMILES string of the molecule is CCc1nnc(/N=c2\sc(CC)nn2-c2ncccc2[N+](=O)[O-])s1. The Balaban J connectivity index is 2.19. The number of hydrogen-bond acceptors (Lipinski definition) is 9. The quantitative estimate of drug-likeness (QED) is 0.508. The van der Waals surface area contributed by atoms with Crippen LogP contribution in [0.2, 0.25) is 0 Å². The first kappa shape index (κ1) is 16.3. The second kappa shape index (κ2) is 6.93. The van der Waals surface area contributed by atoms with E-state index < -0.39 is 4.92 Å². The summed E-state index contributed by atoms with van der Waals surface area (Å²) in [6, 6.07) is 2.91. The summed E-state index contributed by atoms with van der Waals surface area (Å²) in [5.74, 6) is 0.137. The van der Waals surface area contributed by atoms with Gasteiger partial charge in [0.25, 0.3) is 0 Å². The molecular weight excluding hydrogens is 350 g/mol. The van der Waals surface area contributed by atoms with Crippen molar-refractivity contribution < 1.29 is 4.92 Å².